The van der Waals surface area contributed by atoms with Crippen molar-refractivity contribution in [2.75, 3.05) is 0 Å². The fourth-order valence-corrected chi connectivity index (χ4v) is 1.06. The topological polar surface area (TPSA) is 9.23 Å². The minimum absolute atomic E-state index is 0.439. The summed E-state index contributed by atoms with van der Waals surface area (Å²) in [5.74, 6) is 1.13. The van der Waals surface area contributed by atoms with Crippen molar-refractivity contribution in [3.63, 3.8) is 0 Å². The van der Waals surface area contributed by atoms with Gasteiger partial charge >= 0.3 is 0 Å². The van der Waals surface area contributed by atoms with Crippen LogP contribution < -0.4 is 0 Å². The van der Waals surface area contributed by atoms with Gasteiger partial charge in [0.25, 0.3) is 0 Å². The summed E-state index contributed by atoms with van der Waals surface area (Å²) in [6, 6.07) is 0. The molecule has 1 heterocycles. The lowest BCUT2D eigenvalue weighted by molar-refractivity contribution is 0.107. The minimum Gasteiger partial charge on any atom is -0.495 e. The van der Waals surface area contributed by atoms with Crippen LogP contribution in [0.2, 0.25) is 0 Å². The maximum absolute atomic E-state index is 5.48. The first-order valence-corrected chi connectivity index (χ1v) is 5.53. The molecule has 1 atom stereocenters. The lowest BCUT2D eigenvalue weighted by Gasteiger charge is -2.22. The smallest absolute Gasteiger partial charge is 0.0957 e. The first-order valence-electron chi connectivity index (χ1n) is 5.53. The summed E-state index contributed by atoms with van der Waals surface area (Å²) in [4.78, 5) is 0. The van der Waals surface area contributed by atoms with Gasteiger partial charge in [0.2, 0.25) is 0 Å². The molecule has 0 saturated carbocycles. The highest BCUT2D eigenvalue weighted by Gasteiger charge is 2.11. The predicted molar refractivity (Wildman–Crippen MR) is 60.9 cm³/mol. The van der Waals surface area contributed by atoms with Crippen molar-refractivity contribution >= 4 is 0 Å². The zero-order chi connectivity index (χ0) is 10.9. The highest BCUT2D eigenvalue weighted by molar-refractivity contribution is 5.06. The number of ether oxygens (including phenoxy) is 1. The summed E-state index contributed by atoms with van der Waals surface area (Å²) in [5.41, 5.74) is 1.41. The molecule has 0 aliphatic carbocycles. The molecule has 0 bridgehead atoms. The van der Waals surface area contributed by atoms with E-state index in [1.54, 1.807) is 0 Å². The summed E-state index contributed by atoms with van der Waals surface area (Å²) >= 11 is 0. The van der Waals surface area contributed by atoms with Crippen molar-refractivity contribution in [3.05, 3.63) is 11.3 Å². The van der Waals surface area contributed by atoms with Gasteiger partial charge in [0.15, 0.2) is 0 Å². The van der Waals surface area contributed by atoms with E-state index in [9.17, 15) is 0 Å². The third kappa shape index (κ3) is 6.68. The second-order valence-electron chi connectivity index (χ2n) is 2.80. The molecule has 0 fully saturated rings. The normalized spacial score (nSPS) is 20.4. The lowest BCUT2D eigenvalue weighted by atomic mass is 10.1. The molecular formula is C12H26O. The minimum atomic E-state index is 0.439. The largest absolute Gasteiger partial charge is 0.495 e. The number of allylic oxidation sites excluding steroid dienone is 2. The SMILES string of the molecule is CC.CC.CC1=C(C)OC(C)CC1. The molecule has 1 unspecified atom stereocenters. The molecule has 0 aromatic rings. The predicted octanol–water partition coefficient (Wildman–Crippen LogP) is 4.53. The Labute approximate surface area is 84.2 Å². The van der Waals surface area contributed by atoms with E-state index in [0.29, 0.717) is 6.10 Å². The molecule has 0 saturated heterocycles. The van der Waals surface area contributed by atoms with Crippen LogP contribution in [0.5, 0.6) is 0 Å². The van der Waals surface area contributed by atoms with Crippen LogP contribution >= 0.6 is 0 Å². The standard InChI is InChI=1S/C8H14O.2C2H6/c1-6-4-5-7(2)9-8(6)3;2*1-2/h7H,4-5H2,1-3H3;2*1-2H3. The highest BCUT2D eigenvalue weighted by Crippen LogP contribution is 2.21. The van der Waals surface area contributed by atoms with E-state index in [4.69, 9.17) is 4.74 Å². The maximum atomic E-state index is 5.48. The second kappa shape index (κ2) is 9.63. The average Bonchev–Trinajstić information content (AvgIpc) is 2.18. The van der Waals surface area contributed by atoms with Crippen LogP contribution in [0, 0.1) is 0 Å². The van der Waals surface area contributed by atoms with E-state index in [2.05, 4.69) is 13.8 Å². The van der Waals surface area contributed by atoms with E-state index in [0.717, 1.165) is 5.76 Å². The summed E-state index contributed by atoms with van der Waals surface area (Å²) in [6.45, 7) is 14.3. The Bertz CT molecular complexity index is 136. The summed E-state index contributed by atoms with van der Waals surface area (Å²) in [5, 5.41) is 0. The van der Waals surface area contributed by atoms with E-state index >= 15 is 0 Å². The quantitative estimate of drug-likeness (QED) is 0.540. The van der Waals surface area contributed by atoms with E-state index in [1.807, 2.05) is 34.6 Å². The van der Waals surface area contributed by atoms with Crippen LogP contribution in [0.3, 0.4) is 0 Å². The third-order valence-corrected chi connectivity index (χ3v) is 1.90. The maximum Gasteiger partial charge on any atom is 0.0957 e. The highest BCUT2D eigenvalue weighted by atomic mass is 16.5. The summed E-state index contributed by atoms with van der Waals surface area (Å²) in [6.07, 6.45) is 2.84. The molecule has 0 amide bonds. The van der Waals surface area contributed by atoms with Crippen molar-refractivity contribution in [1.82, 2.24) is 0 Å². The fourth-order valence-electron chi connectivity index (χ4n) is 1.06. The molecule has 0 N–H and O–H groups in total. The van der Waals surface area contributed by atoms with Crippen LogP contribution in [0.15, 0.2) is 11.3 Å². The number of hydrogen-bond donors (Lipinski definition) is 0. The van der Waals surface area contributed by atoms with Crippen LogP contribution in [-0.2, 0) is 4.74 Å². The third-order valence-electron chi connectivity index (χ3n) is 1.90. The Hall–Kier alpha value is -0.460. The van der Waals surface area contributed by atoms with Gasteiger partial charge in [-0.05, 0) is 39.2 Å². The summed E-state index contributed by atoms with van der Waals surface area (Å²) < 4.78 is 5.48. The fraction of sp³-hybridized carbons (Fsp3) is 0.833. The zero-order valence-electron chi connectivity index (χ0n) is 10.4. The monoisotopic (exact) mass is 186 g/mol. The molecule has 1 rings (SSSR count). The zero-order valence-corrected chi connectivity index (χ0v) is 10.4. The van der Waals surface area contributed by atoms with Gasteiger partial charge in [-0.2, -0.15) is 0 Å². The van der Waals surface area contributed by atoms with Crippen molar-refractivity contribution in [2.45, 2.75) is 67.4 Å². The van der Waals surface area contributed by atoms with E-state index in [1.165, 1.54) is 18.4 Å². The Kier molecular flexibility index (Phi) is 11.1. The molecular weight excluding hydrogens is 160 g/mol. The van der Waals surface area contributed by atoms with Crippen molar-refractivity contribution in [3.8, 4) is 0 Å². The van der Waals surface area contributed by atoms with Crippen LogP contribution in [0.25, 0.3) is 0 Å². The van der Waals surface area contributed by atoms with Crippen molar-refractivity contribution < 1.29 is 4.74 Å². The summed E-state index contributed by atoms with van der Waals surface area (Å²) in [7, 11) is 0. The first kappa shape index (κ1) is 15.0. The van der Waals surface area contributed by atoms with Gasteiger partial charge in [-0.25, -0.2) is 0 Å². The van der Waals surface area contributed by atoms with Gasteiger partial charge in [-0.15, -0.1) is 0 Å². The second-order valence-corrected chi connectivity index (χ2v) is 2.80. The van der Waals surface area contributed by atoms with Gasteiger partial charge < -0.3 is 4.74 Å². The van der Waals surface area contributed by atoms with Crippen LogP contribution in [-0.4, -0.2) is 6.10 Å². The average molecular weight is 186 g/mol. The molecule has 0 aromatic heterocycles. The van der Waals surface area contributed by atoms with Crippen molar-refractivity contribution in [2.24, 2.45) is 0 Å². The van der Waals surface area contributed by atoms with Crippen molar-refractivity contribution in [1.29, 1.82) is 0 Å². The van der Waals surface area contributed by atoms with Crippen LogP contribution in [0.4, 0.5) is 0 Å². The lowest BCUT2D eigenvalue weighted by Crippen LogP contribution is -2.12. The van der Waals surface area contributed by atoms with Crippen LogP contribution in [0.1, 0.15) is 61.3 Å². The van der Waals surface area contributed by atoms with Gasteiger partial charge in [-0.3, -0.25) is 0 Å². The molecule has 0 aromatic carbocycles. The molecule has 0 radical (unpaired) electrons. The molecule has 0 spiro atoms. The van der Waals surface area contributed by atoms with Gasteiger partial charge in [0.1, 0.15) is 0 Å². The Morgan fingerprint density at radius 2 is 1.54 bits per heavy atom. The van der Waals surface area contributed by atoms with Gasteiger partial charge in [0, 0.05) is 0 Å². The molecule has 13 heavy (non-hydrogen) atoms. The molecule has 1 aliphatic rings. The molecule has 1 nitrogen and oxygen atoms in total. The van der Waals surface area contributed by atoms with E-state index in [-0.39, 0.29) is 0 Å². The Morgan fingerprint density at radius 3 is 1.85 bits per heavy atom. The number of hydrogen-bond acceptors (Lipinski definition) is 1. The van der Waals surface area contributed by atoms with E-state index < -0.39 is 0 Å². The molecule has 1 heteroatoms. The van der Waals surface area contributed by atoms with Gasteiger partial charge in [0.05, 0.1) is 11.9 Å². The number of rotatable bonds is 0. The molecule has 80 valence electrons. The van der Waals surface area contributed by atoms with Gasteiger partial charge in [-0.1, -0.05) is 27.7 Å². The Balaban J connectivity index is 0. The first-order chi connectivity index (χ1) is 6.20. The Morgan fingerprint density at radius 1 is 1.08 bits per heavy atom. The molecule has 1 aliphatic heterocycles.